The van der Waals surface area contributed by atoms with E-state index in [0.29, 0.717) is 39.6 Å². The lowest BCUT2D eigenvalue weighted by Crippen LogP contribution is -2.12. The quantitative estimate of drug-likeness (QED) is 0.375. The van der Waals surface area contributed by atoms with Gasteiger partial charge in [-0.25, -0.2) is 0 Å². The van der Waals surface area contributed by atoms with Gasteiger partial charge in [-0.1, -0.05) is 42.1 Å². The molecule has 0 aliphatic heterocycles. The minimum Gasteiger partial charge on any atom is -0.497 e. The van der Waals surface area contributed by atoms with E-state index in [-0.39, 0.29) is 5.91 Å². The minimum absolute atomic E-state index is 0.239. The van der Waals surface area contributed by atoms with Gasteiger partial charge in [0.05, 0.1) is 25.6 Å². The van der Waals surface area contributed by atoms with E-state index in [1.807, 2.05) is 47.0 Å². The summed E-state index contributed by atoms with van der Waals surface area (Å²) < 4.78 is 12.4. The van der Waals surface area contributed by atoms with Gasteiger partial charge >= 0.3 is 0 Å². The highest BCUT2D eigenvalue weighted by Crippen LogP contribution is 2.30. The number of benzene rings is 3. The van der Waals surface area contributed by atoms with Crippen molar-refractivity contribution in [2.24, 2.45) is 0 Å². The molecule has 3 N–H and O–H groups in total. The highest BCUT2D eigenvalue weighted by atomic mass is 32.2. The third-order valence-corrected chi connectivity index (χ3v) is 5.91. The maximum absolute atomic E-state index is 12.7. The van der Waals surface area contributed by atoms with Crippen LogP contribution in [0.25, 0.3) is 5.69 Å². The molecular formula is C24H23N5O3S. The molecule has 1 aromatic heterocycles. The molecule has 8 nitrogen and oxygen atoms in total. The molecule has 0 radical (unpaired) electrons. The van der Waals surface area contributed by atoms with E-state index >= 15 is 0 Å². The van der Waals surface area contributed by atoms with Gasteiger partial charge in [0.1, 0.15) is 11.5 Å². The van der Waals surface area contributed by atoms with Crippen molar-refractivity contribution in [3.05, 3.63) is 83.9 Å². The zero-order valence-electron chi connectivity index (χ0n) is 18.2. The van der Waals surface area contributed by atoms with Gasteiger partial charge in [0, 0.05) is 17.4 Å². The first-order chi connectivity index (χ1) is 16.1. The van der Waals surface area contributed by atoms with Crippen LogP contribution in [0.15, 0.2) is 78.0 Å². The van der Waals surface area contributed by atoms with Crippen LogP contribution in [0, 0.1) is 0 Å². The van der Waals surface area contributed by atoms with Gasteiger partial charge in [0.15, 0.2) is 5.16 Å². The number of nitrogen functional groups attached to an aromatic ring is 1. The predicted octanol–water partition coefficient (Wildman–Crippen LogP) is 4.41. The van der Waals surface area contributed by atoms with Crippen molar-refractivity contribution in [1.29, 1.82) is 0 Å². The number of nitrogens with two attached hydrogens (primary N) is 1. The maximum atomic E-state index is 12.7. The fourth-order valence-electron chi connectivity index (χ4n) is 3.20. The molecule has 0 atom stereocenters. The molecule has 33 heavy (non-hydrogen) atoms. The molecule has 1 amide bonds. The van der Waals surface area contributed by atoms with Crippen LogP contribution in [0.3, 0.4) is 0 Å². The largest absolute Gasteiger partial charge is 0.497 e. The Hall–Kier alpha value is -3.98. The number of aromatic nitrogens is 3. The van der Waals surface area contributed by atoms with Gasteiger partial charge in [-0.15, -0.1) is 10.2 Å². The first-order valence-electron chi connectivity index (χ1n) is 10.1. The predicted molar refractivity (Wildman–Crippen MR) is 129 cm³/mol. The smallest absolute Gasteiger partial charge is 0.255 e. The molecule has 4 rings (SSSR count). The molecule has 0 saturated carbocycles. The average molecular weight is 462 g/mol. The van der Waals surface area contributed by atoms with Crippen LogP contribution in [0.2, 0.25) is 0 Å². The Labute approximate surface area is 195 Å². The van der Waals surface area contributed by atoms with Crippen LogP contribution in [-0.2, 0) is 5.75 Å². The van der Waals surface area contributed by atoms with Crippen LogP contribution in [0.5, 0.6) is 11.5 Å². The van der Waals surface area contributed by atoms with Crippen molar-refractivity contribution in [1.82, 2.24) is 14.8 Å². The Bertz CT molecular complexity index is 1240. The van der Waals surface area contributed by atoms with Crippen molar-refractivity contribution in [3.8, 4) is 17.2 Å². The summed E-state index contributed by atoms with van der Waals surface area (Å²) in [5.41, 5.74) is 9.03. The van der Waals surface area contributed by atoms with E-state index in [9.17, 15) is 4.79 Å². The molecule has 0 bridgehead atoms. The van der Waals surface area contributed by atoms with Crippen molar-refractivity contribution >= 4 is 29.3 Å². The molecule has 168 valence electrons. The number of anilines is 2. The van der Waals surface area contributed by atoms with Gasteiger partial charge in [-0.05, 0) is 42.0 Å². The van der Waals surface area contributed by atoms with Crippen molar-refractivity contribution in [2.75, 3.05) is 25.3 Å². The number of hydrogen-bond acceptors (Lipinski definition) is 7. The first-order valence-corrected chi connectivity index (χ1v) is 11.1. The molecule has 3 aromatic carbocycles. The molecular weight excluding hydrogens is 438 g/mol. The molecule has 0 unspecified atom stereocenters. The molecule has 0 spiro atoms. The Morgan fingerprint density at radius 2 is 1.76 bits per heavy atom. The van der Waals surface area contributed by atoms with Gasteiger partial charge in [0.2, 0.25) is 5.95 Å². The van der Waals surface area contributed by atoms with Crippen molar-refractivity contribution < 1.29 is 14.3 Å². The minimum atomic E-state index is -0.239. The monoisotopic (exact) mass is 461 g/mol. The maximum Gasteiger partial charge on any atom is 0.255 e. The second-order valence-corrected chi connectivity index (χ2v) is 7.96. The number of para-hydroxylation sites is 1. The lowest BCUT2D eigenvalue weighted by atomic mass is 10.1. The number of rotatable bonds is 8. The highest BCUT2D eigenvalue weighted by molar-refractivity contribution is 7.98. The third kappa shape index (κ3) is 5.09. The molecule has 0 aliphatic rings. The Kier molecular flexibility index (Phi) is 6.80. The molecule has 1 heterocycles. The Balaban J connectivity index is 1.43. The fraction of sp³-hybridized carbons (Fsp3) is 0.125. The normalized spacial score (nSPS) is 10.6. The van der Waals surface area contributed by atoms with Crippen LogP contribution < -0.4 is 20.5 Å². The van der Waals surface area contributed by atoms with Gasteiger partial charge in [0.25, 0.3) is 5.91 Å². The zero-order chi connectivity index (χ0) is 23.2. The molecule has 4 aromatic rings. The van der Waals surface area contributed by atoms with Gasteiger partial charge in [-0.3, -0.25) is 9.36 Å². The number of carbonyl (C=O) groups excluding carboxylic acids is 1. The molecule has 0 saturated heterocycles. The van der Waals surface area contributed by atoms with E-state index in [2.05, 4.69) is 15.5 Å². The summed E-state index contributed by atoms with van der Waals surface area (Å²) in [7, 11) is 3.12. The van der Waals surface area contributed by atoms with Gasteiger partial charge < -0.3 is 20.5 Å². The number of nitrogens with one attached hydrogen (secondary N) is 1. The van der Waals surface area contributed by atoms with Crippen LogP contribution in [-0.4, -0.2) is 34.9 Å². The number of carbonyl (C=O) groups is 1. The zero-order valence-corrected chi connectivity index (χ0v) is 19.0. The van der Waals surface area contributed by atoms with E-state index < -0.39 is 0 Å². The Morgan fingerprint density at radius 1 is 1.00 bits per heavy atom. The molecule has 9 heteroatoms. The molecule has 0 fully saturated rings. The van der Waals surface area contributed by atoms with Crippen molar-refractivity contribution in [2.45, 2.75) is 10.9 Å². The summed E-state index contributed by atoms with van der Waals surface area (Å²) in [5, 5.41) is 11.8. The number of ether oxygens (including phenoxy) is 2. The number of nitrogens with zero attached hydrogens (tertiary/aromatic N) is 3. The number of thioether (sulfide) groups is 1. The number of amides is 1. The van der Waals surface area contributed by atoms with Crippen LogP contribution in [0.4, 0.5) is 11.6 Å². The Morgan fingerprint density at radius 3 is 2.45 bits per heavy atom. The summed E-state index contributed by atoms with van der Waals surface area (Å²) in [4.78, 5) is 12.7. The van der Waals surface area contributed by atoms with Gasteiger partial charge in [-0.2, -0.15) is 0 Å². The standard InChI is InChI=1S/C24H23N5O3S/c1-31-19-12-13-21(32-2)20(14-19)26-22(30)17-10-8-16(9-11-17)15-33-24-28-27-23(25)29(24)18-6-4-3-5-7-18/h3-14H,15H2,1-2H3,(H2,25,27)(H,26,30). The summed E-state index contributed by atoms with van der Waals surface area (Å²) >= 11 is 1.52. The van der Waals surface area contributed by atoms with E-state index in [0.717, 1.165) is 11.3 Å². The second-order valence-electron chi connectivity index (χ2n) is 7.02. The second kappa shape index (κ2) is 10.1. The van der Waals surface area contributed by atoms with E-state index in [4.69, 9.17) is 15.2 Å². The fourth-order valence-corrected chi connectivity index (χ4v) is 4.12. The lowest BCUT2D eigenvalue weighted by molar-refractivity contribution is 0.102. The highest BCUT2D eigenvalue weighted by Gasteiger charge is 2.14. The summed E-state index contributed by atoms with van der Waals surface area (Å²) in [5.74, 6) is 1.93. The van der Waals surface area contributed by atoms with E-state index in [1.165, 1.54) is 11.8 Å². The average Bonchev–Trinajstić information content (AvgIpc) is 3.23. The number of methoxy groups -OCH3 is 2. The summed E-state index contributed by atoms with van der Waals surface area (Å²) in [6.45, 7) is 0. The van der Waals surface area contributed by atoms with Crippen LogP contribution in [0.1, 0.15) is 15.9 Å². The SMILES string of the molecule is COc1ccc(OC)c(NC(=O)c2ccc(CSc3nnc(N)n3-c3ccccc3)cc2)c1. The first kappa shape index (κ1) is 22.2. The van der Waals surface area contributed by atoms with Crippen molar-refractivity contribution in [3.63, 3.8) is 0 Å². The lowest BCUT2D eigenvalue weighted by Gasteiger charge is -2.12. The third-order valence-electron chi connectivity index (χ3n) is 4.91. The summed E-state index contributed by atoms with van der Waals surface area (Å²) in [6.07, 6.45) is 0. The van der Waals surface area contributed by atoms with Crippen LogP contribution >= 0.6 is 11.8 Å². The number of hydrogen-bond donors (Lipinski definition) is 2. The van der Waals surface area contributed by atoms with E-state index in [1.54, 1.807) is 44.6 Å². The topological polar surface area (TPSA) is 104 Å². The molecule has 0 aliphatic carbocycles. The summed E-state index contributed by atoms with van der Waals surface area (Å²) in [6, 6.07) is 22.4.